The van der Waals surface area contributed by atoms with E-state index in [0.29, 0.717) is 0 Å². The van der Waals surface area contributed by atoms with Gasteiger partial charge in [0, 0.05) is 5.70 Å². The van der Waals surface area contributed by atoms with Crippen molar-refractivity contribution in [1.82, 2.24) is 0 Å². The van der Waals surface area contributed by atoms with Crippen molar-refractivity contribution in [3.05, 3.63) is 35.1 Å². The van der Waals surface area contributed by atoms with E-state index in [4.69, 9.17) is 5.73 Å². The first-order valence-corrected chi connectivity index (χ1v) is 3.50. The maximum absolute atomic E-state index is 5.69. The molecule has 2 N–H and O–H groups in total. The van der Waals surface area contributed by atoms with Gasteiger partial charge in [-0.15, -0.1) is 0 Å². The lowest BCUT2D eigenvalue weighted by atomic mass is 10.2. The summed E-state index contributed by atoms with van der Waals surface area (Å²) in [6, 6.07) is 0. The van der Waals surface area contributed by atoms with E-state index in [0.717, 1.165) is 12.1 Å². The first-order chi connectivity index (χ1) is 4.70. The molecule has 0 saturated carbocycles. The number of hydrogen-bond donors (Lipinski definition) is 1. The molecule has 0 aromatic rings. The number of allylic oxidation sites excluding steroid dienone is 5. The smallest absolute Gasteiger partial charge is 0.0340 e. The van der Waals surface area contributed by atoms with E-state index < -0.39 is 0 Å². The van der Waals surface area contributed by atoms with Crippen LogP contribution in [0, 0.1) is 0 Å². The van der Waals surface area contributed by atoms with Gasteiger partial charge in [-0.3, -0.25) is 0 Å². The molecule has 0 heterocycles. The highest BCUT2D eigenvalue weighted by atomic mass is 14.6. The van der Waals surface area contributed by atoms with Crippen molar-refractivity contribution in [2.24, 2.45) is 5.73 Å². The van der Waals surface area contributed by atoms with Crippen LogP contribution in [0.3, 0.4) is 0 Å². The Kier molecular flexibility index (Phi) is 1.95. The Morgan fingerprint density at radius 3 is 2.70 bits per heavy atom. The van der Waals surface area contributed by atoms with E-state index in [2.05, 4.69) is 19.1 Å². The SMILES string of the molecule is CC1=CC=C(N)C(C)=CC1. The van der Waals surface area contributed by atoms with Crippen molar-refractivity contribution in [2.45, 2.75) is 20.3 Å². The summed E-state index contributed by atoms with van der Waals surface area (Å²) >= 11 is 0. The monoisotopic (exact) mass is 135 g/mol. The Hall–Kier alpha value is -0.980. The fourth-order valence-electron chi connectivity index (χ4n) is 0.863. The molecule has 1 aliphatic rings. The predicted molar refractivity (Wildman–Crippen MR) is 44.4 cm³/mol. The predicted octanol–water partition coefficient (Wildman–Crippen LogP) is 2.13. The Balaban J connectivity index is 2.90. The standard InChI is InChI=1S/C9H13N/c1-7-3-5-8(2)9(10)6-4-7/h4-6H,3,10H2,1-2H3. The second-order valence-corrected chi connectivity index (χ2v) is 2.73. The van der Waals surface area contributed by atoms with E-state index >= 15 is 0 Å². The summed E-state index contributed by atoms with van der Waals surface area (Å²) in [5, 5.41) is 0. The lowest BCUT2D eigenvalue weighted by molar-refractivity contribution is 1.19. The average molecular weight is 135 g/mol. The Labute approximate surface area is 61.9 Å². The minimum absolute atomic E-state index is 0.886. The zero-order valence-electron chi connectivity index (χ0n) is 6.52. The van der Waals surface area contributed by atoms with Gasteiger partial charge in [0.1, 0.15) is 0 Å². The minimum atomic E-state index is 0.886. The van der Waals surface area contributed by atoms with Crippen LogP contribution in [0.2, 0.25) is 0 Å². The average Bonchev–Trinajstić information content (AvgIpc) is 2.04. The van der Waals surface area contributed by atoms with E-state index in [-0.39, 0.29) is 0 Å². The molecule has 0 aliphatic heterocycles. The van der Waals surface area contributed by atoms with Gasteiger partial charge in [-0.1, -0.05) is 17.7 Å². The van der Waals surface area contributed by atoms with Crippen molar-refractivity contribution in [3.8, 4) is 0 Å². The second-order valence-electron chi connectivity index (χ2n) is 2.73. The maximum atomic E-state index is 5.69. The van der Waals surface area contributed by atoms with Gasteiger partial charge < -0.3 is 5.73 Å². The molecule has 0 bridgehead atoms. The molecule has 1 nitrogen and oxygen atoms in total. The third kappa shape index (κ3) is 1.50. The minimum Gasteiger partial charge on any atom is -0.399 e. The van der Waals surface area contributed by atoms with Gasteiger partial charge in [0.05, 0.1) is 0 Å². The molecule has 10 heavy (non-hydrogen) atoms. The van der Waals surface area contributed by atoms with Crippen molar-refractivity contribution < 1.29 is 0 Å². The van der Waals surface area contributed by atoms with Crippen molar-refractivity contribution >= 4 is 0 Å². The Morgan fingerprint density at radius 1 is 1.30 bits per heavy atom. The Bertz CT molecular complexity index is 219. The zero-order chi connectivity index (χ0) is 7.56. The maximum Gasteiger partial charge on any atom is 0.0340 e. The van der Waals surface area contributed by atoms with Gasteiger partial charge in [0.15, 0.2) is 0 Å². The summed E-state index contributed by atoms with van der Waals surface area (Å²) in [7, 11) is 0. The largest absolute Gasteiger partial charge is 0.399 e. The lowest BCUT2D eigenvalue weighted by Crippen LogP contribution is -1.96. The highest BCUT2D eigenvalue weighted by Crippen LogP contribution is 2.13. The fourth-order valence-corrected chi connectivity index (χ4v) is 0.863. The molecule has 0 radical (unpaired) electrons. The highest BCUT2D eigenvalue weighted by Gasteiger charge is 1.96. The van der Waals surface area contributed by atoms with Gasteiger partial charge in [-0.05, 0) is 31.9 Å². The highest BCUT2D eigenvalue weighted by molar-refractivity contribution is 5.34. The van der Waals surface area contributed by atoms with Crippen LogP contribution >= 0.6 is 0 Å². The van der Waals surface area contributed by atoms with Crippen molar-refractivity contribution in [2.75, 3.05) is 0 Å². The molecular weight excluding hydrogens is 122 g/mol. The molecule has 1 rings (SSSR count). The number of nitrogens with two attached hydrogens (primary N) is 1. The summed E-state index contributed by atoms with van der Waals surface area (Å²) < 4.78 is 0. The molecule has 0 atom stereocenters. The van der Waals surface area contributed by atoms with Crippen LogP contribution < -0.4 is 5.73 Å². The normalized spacial score (nSPS) is 18.8. The topological polar surface area (TPSA) is 26.0 Å². The number of rotatable bonds is 0. The third-order valence-corrected chi connectivity index (χ3v) is 1.73. The van der Waals surface area contributed by atoms with Crippen LogP contribution in [0.25, 0.3) is 0 Å². The zero-order valence-corrected chi connectivity index (χ0v) is 6.52. The van der Waals surface area contributed by atoms with Crippen LogP contribution in [0.15, 0.2) is 35.1 Å². The van der Waals surface area contributed by atoms with Crippen LogP contribution in [0.5, 0.6) is 0 Å². The van der Waals surface area contributed by atoms with E-state index in [1.54, 1.807) is 0 Å². The molecule has 1 aliphatic carbocycles. The number of hydrogen-bond acceptors (Lipinski definition) is 1. The lowest BCUT2D eigenvalue weighted by Gasteiger charge is -1.95. The van der Waals surface area contributed by atoms with Crippen molar-refractivity contribution in [1.29, 1.82) is 0 Å². The molecule has 0 amide bonds. The van der Waals surface area contributed by atoms with Crippen LogP contribution in [-0.4, -0.2) is 0 Å². The molecule has 0 unspecified atom stereocenters. The van der Waals surface area contributed by atoms with Gasteiger partial charge in [0.2, 0.25) is 0 Å². The second kappa shape index (κ2) is 2.74. The summed E-state index contributed by atoms with van der Waals surface area (Å²) in [6.07, 6.45) is 7.23. The van der Waals surface area contributed by atoms with E-state index in [9.17, 15) is 0 Å². The van der Waals surface area contributed by atoms with Gasteiger partial charge >= 0.3 is 0 Å². The first-order valence-electron chi connectivity index (χ1n) is 3.50. The molecule has 0 spiro atoms. The molecular formula is C9H13N. The first kappa shape index (κ1) is 7.13. The van der Waals surface area contributed by atoms with Gasteiger partial charge in [0.25, 0.3) is 0 Å². The van der Waals surface area contributed by atoms with Crippen LogP contribution in [-0.2, 0) is 0 Å². The molecule has 0 saturated heterocycles. The quantitative estimate of drug-likeness (QED) is 0.541. The molecule has 1 heteroatoms. The summed E-state index contributed by atoms with van der Waals surface area (Å²) in [5.41, 5.74) is 9.12. The van der Waals surface area contributed by atoms with E-state index in [1.165, 1.54) is 11.1 Å². The molecule has 0 aromatic heterocycles. The summed E-state index contributed by atoms with van der Waals surface area (Å²) in [4.78, 5) is 0. The molecule has 0 aromatic carbocycles. The van der Waals surface area contributed by atoms with E-state index in [1.807, 2.05) is 13.0 Å². The third-order valence-electron chi connectivity index (χ3n) is 1.73. The Morgan fingerprint density at radius 2 is 2.00 bits per heavy atom. The van der Waals surface area contributed by atoms with Gasteiger partial charge in [-0.25, -0.2) is 0 Å². The summed E-state index contributed by atoms with van der Waals surface area (Å²) in [6.45, 7) is 4.15. The molecule has 54 valence electrons. The molecule has 0 fully saturated rings. The van der Waals surface area contributed by atoms with Gasteiger partial charge in [-0.2, -0.15) is 0 Å². The van der Waals surface area contributed by atoms with Crippen molar-refractivity contribution in [3.63, 3.8) is 0 Å². The van der Waals surface area contributed by atoms with Crippen LogP contribution in [0.1, 0.15) is 20.3 Å². The fraction of sp³-hybridized carbons (Fsp3) is 0.333. The van der Waals surface area contributed by atoms with Crippen LogP contribution in [0.4, 0.5) is 0 Å². The summed E-state index contributed by atoms with van der Waals surface area (Å²) in [5.74, 6) is 0.